The van der Waals surface area contributed by atoms with E-state index >= 15 is 0 Å². The van der Waals surface area contributed by atoms with E-state index in [0.29, 0.717) is 22.3 Å². The van der Waals surface area contributed by atoms with E-state index in [4.69, 9.17) is 5.26 Å². The lowest BCUT2D eigenvalue weighted by molar-refractivity contribution is 0.0926. The Morgan fingerprint density at radius 2 is 2.00 bits per heavy atom. The molecule has 0 unspecified atom stereocenters. The molecule has 1 aliphatic carbocycles. The summed E-state index contributed by atoms with van der Waals surface area (Å²) >= 11 is 0. The number of pyridine rings is 1. The van der Waals surface area contributed by atoms with Crippen LogP contribution in [0.2, 0.25) is 0 Å². The molecule has 0 spiro atoms. The van der Waals surface area contributed by atoms with Gasteiger partial charge in [0.2, 0.25) is 0 Å². The lowest BCUT2D eigenvalue weighted by atomic mass is 9.96. The molecule has 1 amide bonds. The Balaban J connectivity index is 1.75. The Kier molecular flexibility index (Phi) is 4.38. The van der Waals surface area contributed by atoms with Crippen molar-refractivity contribution in [1.82, 2.24) is 15.3 Å². The first-order chi connectivity index (χ1) is 10.8. The van der Waals surface area contributed by atoms with E-state index < -0.39 is 0 Å². The van der Waals surface area contributed by atoms with Crippen molar-refractivity contribution in [3.8, 4) is 6.07 Å². The van der Waals surface area contributed by atoms with Crippen LogP contribution in [0, 0.1) is 11.3 Å². The van der Waals surface area contributed by atoms with Crippen molar-refractivity contribution in [3.63, 3.8) is 0 Å². The molecule has 5 nitrogen and oxygen atoms in total. The first-order valence-electron chi connectivity index (χ1n) is 7.96. The zero-order valence-electron chi connectivity index (χ0n) is 12.6. The number of amides is 1. The lowest BCUT2D eigenvalue weighted by Gasteiger charge is -2.20. The maximum absolute atomic E-state index is 12.4. The van der Waals surface area contributed by atoms with Gasteiger partial charge in [-0.1, -0.05) is 32.1 Å². The van der Waals surface area contributed by atoms with Crippen LogP contribution in [-0.2, 0) is 0 Å². The molecule has 1 saturated carbocycles. The smallest absolute Gasteiger partial charge is 0.267 e. The van der Waals surface area contributed by atoms with E-state index in [0.717, 1.165) is 12.8 Å². The van der Waals surface area contributed by atoms with Gasteiger partial charge in [0.25, 0.3) is 5.91 Å². The molecule has 0 aromatic carbocycles. The summed E-state index contributed by atoms with van der Waals surface area (Å²) in [5.74, 6) is -0.104. The van der Waals surface area contributed by atoms with E-state index in [1.807, 2.05) is 0 Å². The van der Waals surface area contributed by atoms with Crippen molar-refractivity contribution in [1.29, 1.82) is 5.26 Å². The van der Waals surface area contributed by atoms with Crippen molar-refractivity contribution in [2.45, 2.75) is 51.0 Å². The summed E-state index contributed by atoms with van der Waals surface area (Å²) in [6, 6.07) is 5.76. The molecular weight excluding hydrogens is 276 g/mol. The predicted octanol–water partition coefficient (Wildman–Crippen LogP) is 3.28. The van der Waals surface area contributed by atoms with Crippen LogP contribution in [0.4, 0.5) is 0 Å². The molecule has 1 aliphatic rings. The van der Waals surface area contributed by atoms with E-state index in [-0.39, 0.29) is 11.9 Å². The second kappa shape index (κ2) is 6.61. The molecule has 0 saturated heterocycles. The van der Waals surface area contributed by atoms with Crippen LogP contribution >= 0.6 is 0 Å². The van der Waals surface area contributed by atoms with Gasteiger partial charge in [-0.15, -0.1) is 0 Å². The van der Waals surface area contributed by atoms with Gasteiger partial charge in [0.15, 0.2) is 0 Å². The topological polar surface area (TPSA) is 81.6 Å². The lowest BCUT2D eigenvalue weighted by Crippen LogP contribution is -2.35. The highest BCUT2D eigenvalue weighted by molar-refractivity contribution is 5.98. The fourth-order valence-corrected chi connectivity index (χ4v) is 3.11. The Morgan fingerprint density at radius 3 is 2.73 bits per heavy atom. The zero-order chi connectivity index (χ0) is 15.4. The number of hydrogen-bond donors (Lipinski definition) is 2. The predicted molar refractivity (Wildman–Crippen MR) is 84.4 cm³/mol. The molecule has 0 aliphatic heterocycles. The SMILES string of the molecule is N#Cc1ccnc2[nH]c(C(=O)NC3CCCCCCC3)cc12. The molecule has 3 rings (SSSR count). The zero-order valence-corrected chi connectivity index (χ0v) is 12.6. The Bertz CT molecular complexity index is 705. The molecule has 0 radical (unpaired) electrons. The number of aromatic nitrogens is 2. The van der Waals surface area contributed by atoms with Gasteiger partial charge in [0.1, 0.15) is 11.3 Å². The molecule has 114 valence electrons. The van der Waals surface area contributed by atoms with Crippen molar-refractivity contribution in [2.75, 3.05) is 0 Å². The third-order valence-corrected chi connectivity index (χ3v) is 4.34. The minimum Gasteiger partial charge on any atom is -0.348 e. The van der Waals surface area contributed by atoms with Crippen LogP contribution in [-0.4, -0.2) is 21.9 Å². The molecule has 2 aromatic rings. The Hall–Kier alpha value is -2.35. The number of carbonyl (C=O) groups excluding carboxylic acids is 1. The maximum atomic E-state index is 12.4. The monoisotopic (exact) mass is 296 g/mol. The molecule has 1 fully saturated rings. The van der Waals surface area contributed by atoms with Gasteiger partial charge in [-0.3, -0.25) is 4.79 Å². The van der Waals surface area contributed by atoms with Crippen LogP contribution in [0.3, 0.4) is 0 Å². The summed E-state index contributed by atoms with van der Waals surface area (Å²) in [4.78, 5) is 19.6. The molecule has 2 heterocycles. The van der Waals surface area contributed by atoms with Gasteiger partial charge in [0, 0.05) is 17.6 Å². The standard InChI is InChI=1S/C17H20N4O/c18-11-12-8-9-19-16-14(12)10-15(21-16)17(22)20-13-6-4-2-1-3-5-7-13/h8-10,13H,1-7H2,(H,19,21)(H,20,22). The first-order valence-corrected chi connectivity index (χ1v) is 7.96. The van der Waals surface area contributed by atoms with Gasteiger partial charge in [-0.05, 0) is 25.0 Å². The van der Waals surface area contributed by atoms with Crippen molar-refractivity contribution >= 4 is 16.9 Å². The highest BCUT2D eigenvalue weighted by atomic mass is 16.1. The Labute approximate surface area is 129 Å². The minimum absolute atomic E-state index is 0.104. The van der Waals surface area contributed by atoms with Gasteiger partial charge in [-0.2, -0.15) is 5.26 Å². The van der Waals surface area contributed by atoms with E-state index in [1.54, 1.807) is 18.3 Å². The summed E-state index contributed by atoms with van der Waals surface area (Å²) in [7, 11) is 0. The average molecular weight is 296 g/mol. The number of fused-ring (bicyclic) bond motifs is 1. The second-order valence-corrected chi connectivity index (χ2v) is 5.93. The summed E-state index contributed by atoms with van der Waals surface area (Å²) < 4.78 is 0. The number of nitriles is 1. The highest BCUT2D eigenvalue weighted by Gasteiger charge is 2.17. The number of rotatable bonds is 2. The van der Waals surface area contributed by atoms with Gasteiger partial charge in [0.05, 0.1) is 11.6 Å². The number of aromatic amines is 1. The molecule has 0 atom stereocenters. The quantitative estimate of drug-likeness (QED) is 0.892. The molecular formula is C17H20N4O. The molecule has 22 heavy (non-hydrogen) atoms. The number of hydrogen-bond acceptors (Lipinski definition) is 3. The van der Waals surface area contributed by atoms with Crippen LogP contribution in [0.5, 0.6) is 0 Å². The maximum Gasteiger partial charge on any atom is 0.267 e. The number of carbonyl (C=O) groups is 1. The highest BCUT2D eigenvalue weighted by Crippen LogP contribution is 2.19. The summed E-state index contributed by atoms with van der Waals surface area (Å²) in [5, 5.41) is 12.9. The van der Waals surface area contributed by atoms with Crippen molar-refractivity contribution in [3.05, 3.63) is 29.6 Å². The van der Waals surface area contributed by atoms with Gasteiger partial charge < -0.3 is 10.3 Å². The normalized spacial score (nSPS) is 16.7. The number of H-pyrrole nitrogens is 1. The number of nitrogens with zero attached hydrogens (tertiary/aromatic N) is 2. The Morgan fingerprint density at radius 1 is 1.27 bits per heavy atom. The van der Waals surface area contributed by atoms with Crippen LogP contribution in [0.15, 0.2) is 18.3 Å². The van der Waals surface area contributed by atoms with E-state index in [2.05, 4.69) is 21.4 Å². The third-order valence-electron chi connectivity index (χ3n) is 4.34. The van der Waals surface area contributed by atoms with E-state index in [1.165, 1.54) is 32.1 Å². The van der Waals surface area contributed by atoms with Gasteiger partial charge in [-0.25, -0.2) is 4.98 Å². The second-order valence-electron chi connectivity index (χ2n) is 5.93. The molecule has 2 N–H and O–H groups in total. The molecule has 0 bridgehead atoms. The fraction of sp³-hybridized carbons (Fsp3) is 0.471. The summed E-state index contributed by atoms with van der Waals surface area (Å²) in [5.41, 5.74) is 1.60. The molecule has 2 aromatic heterocycles. The summed E-state index contributed by atoms with van der Waals surface area (Å²) in [6.07, 6.45) is 9.86. The van der Waals surface area contributed by atoms with Crippen LogP contribution < -0.4 is 5.32 Å². The van der Waals surface area contributed by atoms with Crippen LogP contribution in [0.1, 0.15) is 61.0 Å². The largest absolute Gasteiger partial charge is 0.348 e. The average Bonchev–Trinajstić information content (AvgIpc) is 2.93. The van der Waals surface area contributed by atoms with E-state index in [9.17, 15) is 4.79 Å². The number of nitrogens with one attached hydrogen (secondary N) is 2. The van der Waals surface area contributed by atoms with Gasteiger partial charge >= 0.3 is 0 Å². The first kappa shape index (κ1) is 14.6. The van der Waals surface area contributed by atoms with Crippen LogP contribution in [0.25, 0.3) is 11.0 Å². The van der Waals surface area contributed by atoms with Crippen molar-refractivity contribution < 1.29 is 4.79 Å². The van der Waals surface area contributed by atoms with Crippen molar-refractivity contribution in [2.24, 2.45) is 0 Å². The summed E-state index contributed by atoms with van der Waals surface area (Å²) in [6.45, 7) is 0. The fourth-order valence-electron chi connectivity index (χ4n) is 3.11. The minimum atomic E-state index is -0.104. The third kappa shape index (κ3) is 3.11. The molecule has 5 heteroatoms.